The van der Waals surface area contributed by atoms with E-state index in [1.54, 1.807) is 0 Å². The van der Waals surface area contributed by atoms with Crippen molar-refractivity contribution in [1.29, 1.82) is 0 Å². The fourth-order valence-corrected chi connectivity index (χ4v) is 3.24. The molecule has 1 aromatic carbocycles. The number of benzene rings is 1. The second kappa shape index (κ2) is 5.80. The fourth-order valence-electron chi connectivity index (χ4n) is 3.10. The van der Waals surface area contributed by atoms with E-state index in [2.05, 4.69) is 38.9 Å². The highest BCUT2D eigenvalue weighted by Crippen LogP contribution is 2.35. The molecular formula is C18H16ClN3O. The van der Waals surface area contributed by atoms with Crippen LogP contribution in [-0.4, -0.2) is 27.7 Å². The van der Waals surface area contributed by atoms with Crippen molar-refractivity contribution in [1.82, 2.24) is 14.5 Å². The van der Waals surface area contributed by atoms with E-state index in [4.69, 9.17) is 16.3 Å². The molecule has 3 aromatic rings. The molecule has 5 heteroatoms. The van der Waals surface area contributed by atoms with E-state index in [-0.39, 0.29) is 5.28 Å². The van der Waals surface area contributed by atoms with E-state index in [0.717, 1.165) is 29.8 Å². The van der Waals surface area contributed by atoms with Crippen molar-refractivity contribution in [2.75, 3.05) is 13.2 Å². The minimum absolute atomic E-state index is 0.268. The molecule has 0 atom stereocenters. The number of ether oxygens (including phenoxy) is 1. The van der Waals surface area contributed by atoms with Gasteiger partial charge in [-0.2, -0.15) is 0 Å². The second-order valence-electron chi connectivity index (χ2n) is 5.63. The van der Waals surface area contributed by atoms with Gasteiger partial charge in [-0.05, 0) is 29.7 Å². The quantitative estimate of drug-likeness (QED) is 0.666. The standard InChI is InChI=1S/C18H16ClN3O/c1-22-11-15(13-4-2-3-5-16(13)22)17-14(10-20-18(19)21-17)12-6-8-23-9-7-12/h2-6,10-11H,7-9H2,1H3. The van der Waals surface area contributed by atoms with Gasteiger partial charge in [0, 0.05) is 41.5 Å². The zero-order chi connectivity index (χ0) is 15.8. The summed E-state index contributed by atoms with van der Waals surface area (Å²) in [7, 11) is 2.04. The summed E-state index contributed by atoms with van der Waals surface area (Å²) in [5.74, 6) is 0. The van der Waals surface area contributed by atoms with Gasteiger partial charge in [0.05, 0.1) is 18.9 Å². The average molecular weight is 326 g/mol. The molecule has 0 saturated heterocycles. The van der Waals surface area contributed by atoms with E-state index in [1.165, 1.54) is 16.5 Å². The molecule has 0 bridgehead atoms. The van der Waals surface area contributed by atoms with Gasteiger partial charge in [0.25, 0.3) is 0 Å². The lowest BCUT2D eigenvalue weighted by Crippen LogP contribution is -2.06. The molecule has 116 valence electrons. The number of halogens is 1. The summed E-state index contributed by atoms with van der Waals surface area (Å²) in [5, 5.41) is 1.43. The third-order valence-electron chi connectivity index (χ3n) is 4.22. The molecule has 0 fully saturated rings. The van der Waals surface area contributed by atoms with Crippen LogP contribution >= 0.6 is 11.6 Å². The Morgan fingerprint density at radius 2 is 2.09 bits per heavy atom. The van der Waals surface area contributed by atoms with Crippen molar-refractivity contribution in [3.8, 4) is 11.3 Å². The summed E-state index contributed by atoms with van der Waals surface area (Å²) in [5.41, 5.74) is 5.39. The zero-order valence-electron chi connectivity index (χ0n) is 12.8. The van der Waals surface area contributed by atoms with Crippen molar-refractivity contribution in [2.45, 2.75) is 6.42 Å². The van der Waals surface area contributed by atoms with Gasteiger partial charge in [0.15, 0.2) is 0 Å². The molecule has 0 aliphatic carbocycles. The van der Waals surface area contributed by atoms with Crippen LogP contribution in [0.25, 0.3) is 27.7 Å². The van der Waals surface area contributed by atoms with Crippen LogP contribution in [0.2, 0.25) is 5.28 Å². The number of hydrogen-bond acceptors (Lipinski definition) is 3. The molecule has 4 nitrogen and oxygen atoms in total. The molecule has 0 N–H and O–H groups in total. The van der Waals surface area contributed by atoms with E-state index in [0.29, 0.717) is 6.61 Å². The normalized spacial score (nSPS) is 15.0. The Morgan fingerprint density at radius 3 is 2.91 bits per heavy atom. The van der Waals surface area contributed by atoms with Gasteiger partial charge >= 0.3 is 0 Å². The van der Waals surface area contributed by atoms with E-state index in [1.807, 2.05) is 25.4 Å². The monoisotopic (exact) mass is 325 g/mol. The SMILES string of the molecule is Cn1cc(-c2nc(Cl)ncc2C2=CCOCC2)c2ccccc21. The molecule has 0 amide bonds. The minimum Gasteiger partial charge on any atom is -0.377 e. The fraction of sp³-hybridized carbons (Fsp3) is 0.222. The Kier molecular flexibility index (Phi) is 3.63. The Labute approximate surface area is 139 Å². The van der Waals surface area contributed by atoms with Crippen molar-refractivity contribution in [2.24, 2.45) is 7.05 Å². The Hall–Kier alpha value is -2.17. The predicted molar refractivity (Wildman–Crippen MR) is 92.4 cm³/mol. The summed E-state index contributed by atoms with van der Waals surface area (Å²) in [6, 6.07) is 8.31. The first kappa shape index (κ1) is 14.4. The summed E-state index contributed by atoms with van der Waals surface area (Å²) < 4.78 is 7.53. The molecule has 0 spiro atoms. The number of para-hydroxylation sites is 1. The molecule has 23 heavy (non-hydrogen) atoms. The first-order valence-corrected chi connectivity index (χ1v) is 7.96. The molecule has 1 aliphatic rings. The molecule has 0 saturated carbocycles. The van der Waals surface area contributed by atoms with E-state index < -0.39 is 0 Å². The maximum absolute atomic E-state index is 6.09. The van der Waals surface area contributed by atoms with E-state index >= 15 is 0 Å². The Morgan fingerprint density at radius 1 is 1.22 bits per heavy atom. The first-order valence-electron chi connectivity index (χ1n) is 7.58. The van der Waals surface area contributed by atoms with Gasteiger partial charge in [0.1, 0.15) is 0 Å². The highest BCUT2D eigenvalue weighted by Gasteiger charge is 2.18. The van der Waals surface area contributed by atoms with Crippen molar-refractivity contribution < 1.29 is 4.74 Å². The molecule has 4 rings (SSSR count). The Bertz CT molecular complexity index is 914. The van der Waals surface area contributed by atoms with Crippen LogP contribution in [0.3, 0.4) is 0 Å². The Balaban J connectivity index is 1.97. The third-order valence-corrected chi connectivity index (χ3v) is 4.40. The molecule has 1 aliphatic heterocycles. The van der Waals surface area contributed by atoms with Crippen LogP contribution in [0.1, 0.15) is 12.0 Å². The first-order chi connectivity index (χ1) is 11.2. The van der Waals surface area contributed by atoms with Crippen LogP contribution in [0.5, 0.6) is 0 Å². The minimum atomic E-state index is 0.268. The van der Waals surface area contributed by atoms with Crippen molar-refractivity contribution in [3.63, 3.8) is 0 Å². The van der Waals surface area contributed by atoms with Gasteiger partial charge in [0.2, 0.25) is 5.28 Å². The smallest absolute Gasteiger partial charge is 0.222 e. The van der Waals surface area contributed by atoms with Gasteiger partial charge in [-0.25, -0.2) is 9.97 Å². The maximum Gasteiger partial charge on any atom is 0.222 e. The van der Waals surface area contributed by atoms with E-state index in [9.17, 15) is 0 Å². The number of rotatable bonds is 2. The number of aromatic nitrogens is 3. The van der Waals surface area contributed by atoms with Gasteiger partial charge in [-0.1, -0.05) is 24.3 Å². The molecular weight excluding hydrogens is 310 g/mol. The topological polar surface area (TPSA) is 39.9 Å². The average Bonchev–Trinajstić information content (AvgIpc) is 2.93. The van der Waals surface area contributed by atoms with Crippen molar-refractivity contribution >= 4 is 28.1 Å². The predicted octanol–water partition coefficient (Wildman–Crippen LogP) is 4.09. The molecule has 3 heterocycles. The highest BCUT2D eigenvalue weighted by molar-refractivity contribution is 6.28. The molecule has 2 aromatic heterocycles. The van der Waals surface area contributed by atoms with Crippen LogP contribution in [0.4, 0.5) is 0 Å². The highest BCUT2D eigenvalue weighted by atomic mass is 35.5. The van der Waals surface area contributed by atoms with Crippen LogP contribution in [0, 0.1) is 0 Å². The van der Waals surface area contributed by atoms with Crippen LogP contribution < -0.4 is 0 Å². The van der Waals surface area contributed by atoms with Crippen LogP contribution in [-0.2, 0) is 11.8 Å². The summed E-state index contributed by atoms with van der Waals surface area (Å²) in [6.45, 7) is 1.36. The second-order valence-corrected chi connectivity index (χ2v) is 5.96. The van der Waals surface area contributed by atoms with Crippen LogP contribution in [0.15, 0.2) is 42.7 Å². The summed E-state index contributed by atoms with van der Waals surface area (Å²) >= 11 is 6.09. The number of fused-ring (bicyclic) bond motifs is 1. The van der Waals surface area contributed by atoms with Gasteiger partial charge in [-0.15, -0.1) is 0 Å². The zero-order valence-corrected chi connectivity index (χ0v) is 13.5. The summed E-state index contributed by atoms with van der Waals surface area (Å²) in [4.78, 5) is 8.73. The van der Waals surface area contributed by atoms with Gasteiger partial charge in [-0.3, -0.25) is 0 Å². The third kappa shape index (κ3) is 2.54. The largest absolute Gasteiger partial charge is 0.377 e. The lowest BCUT2D eigenvalue weighted by atomic mass is 9.97. The lowest BCUT2D eigenvalue weighted by molar-refractivity contribution is 0.161. The van der Waals surface area contributed by atoms with Gasteiger partial charge < -0.3 is 9.30 Å². The number of nitrogens with zero attached hydrogens (tertiary/aromatic N) is 3. The lowest BCUT2D eigenvalue weighted by Gasteiger charge is -2.16. The van der Waals surface area contributed by atoms with Crippen molar-refractivity contribution in [3.05, 3.63) is 53.6 Å². The molecule has 0 unspecified atom stereocenters. The maximum atomic E-state index is 6.09. The number of aryl methyl sites for hydroxylation is 1. The number of hydrogen-bond donors (Lipinski definition) is 0. The summed E-state index contributed by atoms with van der Waals surface area (Å²) in [6.07, 6.45) is 6.89. The molecule has 0 radical (unpaired) electrons.